The lowest BCUT2D eigenvalue weighted by molar-refractivity contribution is 0.0659. The number of carbonyl (C=O) groups excluding carboxylic acids is 2. The minimum absolute atomic E-state index is 0.0203. The molecule has 2 amide bonds. The second kappa shape index (κ2) is 15.5. The van der Waals surface area contributed by atoms with Gasteiger partial charge >= 0.3 is 0 Å². The van der Waals surface area contributed by atoms with Crippen molar-refractivity contribution in [1.82, 2.24) is 34.4 Å². The van der Waals surface area contributed by atoms with Gasteiger partial charge in [0, 0.05) is 49.6 Å². The van der Waals surface area contributed by atoms with Gasteiger partial charge in [0.25, 0.3) is 17.4 Å². The number of piperidine rings is 1. The summed E-state index contributed by atoms with van der Waals surface area (Å²) in [6.07, 6.45) is 7.15. The molecule has 1 saturated heterocycles. The molecule has 1 aliphatic rings. The summed E-state index contributed by atoms with van der Waals surface area (Å²) >= 11 is 6.56. The third kappa shape index (κ3) is 7.90. The Morgan fingerprint density at radius 2 is 1.81 bits per heavy atom. The van der Waals surface area contributed by atoms with Crippen LogP contribution in [0.1, 0.15) is 50.4 Å². The Morgan fingerprint density at radius 1 is 1.04 bits per heavy atom. The smallest absolute Gasteiger partial charge is 0.280 e. The van der Waals surface area contributed by atoms with Gasteiger partial charge in [0.05, 0.1) is 22.6 Å². The quantitative estimate of drug-likeness (QED) is 0.188. The number of carbonyl (C=O) groups is 2. The average Bonchev–Trinajstić information content (AvgIpc) is 3.34. The van der Waals surface area contributed by atoms with Crippen LogP contribution in [0.3, 0.4) is 0 Å². The molecule has 5 aromatic rings. The highest BCUT2D eigenvalue weighted by Crippen LogP contribution is 2.26. The highest BCUT2D eigenvalue weighted by atomic mass is 35.5. The molecule has 0 atom stereocenters. The van der Waals surface area contributed by atoms with Gasteiger partial charge in [0.15, 0.2) is 11.6 Å². The molecule has 6 rings (SSSR count). The van der Waals surface area contributed by atoms with Crippen molar-refractivity contribution in [1.29, 1.82) is 0 Å². The summed E-state index contributed by atoms with van der Waals surface area (Å²) in [5.74, 6) is -2.25. The van der Waals surface area contributed by atoms with Gasteiger partial charge in [0.1, 0.15) is 5.56 Å². The molecule has 14 heteroatoms. The number of amides is 2. The molecule has 0 bridgehead atoms. The molecule has 52 heavy (non-hydrogen) atoms. The third-order valence-corrected chi connectivity index (χ3v) is 9.82. The van der Waals surface area contributed by atoms with E-state index in [9.17, 15) is 23.2 Å². The van der Waals surface area contributed by atoms with Crippen molar-refractivity contribution in [2.24, 2.45) is 7.05 Å². The second-order valence-corrected chi connectivity index (χ2v) is 13.4. The van der Waals surface area contributed by atoms with Gasteiger partial charge in [-0.15, -0.1) is 0 Å². The number of aromatic nitrogens is 4. The molecule has 3 heterocycles. The maximum Gasteiger partial charge on any atom is 0.280 e. The van der Waals surface area contributed by atoms with Crippen LogP contribution in [0.4, 0.5) is 20.4 Å². The molecule has 270 valence electrons. The molecule has 0 aliphatic carbocycles. The van der Waals surface area contributed by atoms with Crippen molar-refractivity contribution in [2.45, 2.75) is 32.4 Å². The van der Waals surface area contributed by atoms with Crippen molar-refractivity contribution < 1.29 is 18.4 Å². The van der Waals surface area contributed by atoms with E-state index in [0.29, 0.717) is 39.0 Å². The Morgan fingerprint density at radius 3 is 2.54 bits per heavy atom. The van der Waals surface area contributed by atoms with Gasteiger partial charge in [-0.25, -0.2) is 23.4 Å². The Bertz CT molecular complexity index is 2240. The molecule has 2 N–H and O–H groups in total. The summed E-state index contributed by atoms with van der Waals surface area (Å²) < 4.78 is 29.9. The first-order valence-corrected chi connectivity index (χ1v) is 17.2. The summed E-state index contributed by atoms with van der Waals surface area (Å²) in [7, 11) is 5.55. The number of halogens is 3. The van der Waals surface area contributed by atoms with E-state index in [1.165, 1.54) is 15.4 Å². The number of rotatable bonds is 10. The van der Waals surface area contributed by atoms with E-state index in [-0.39, 0.29) is 30.6 Å². The number of nitrogens with zero attached hydrogens (tertiary/aromatic N) is 6. The molecule has 0 unspecified atom stereocenters. The van der Waals surface area contributed by atoms with Crippen LogP contribution in [0.5, 0.6) is 0 Å². The van der Waals surface area contributed by atoms with E-state index in [2.05, 4.69) is 32.5 Å². The number of likely N-dealkylation sites (tertiary alicyclic amines) is 1. The van der Waals surface area contributed by atoms with Gasteiger partial charge in [-0.1, -0.05) is 35.9 Å². The van der Waals surface area contributed by atoms with Gasteiger partial charge in [-0.2, -0.15) is 0 Å². The van der Waals surface area contributed by atoms with Crippen molar-refractivity contribution in [3.63, 3.8) is 0 Å². The summed E-state index contributed by atoms with van der Waals surface area (Å²) in [6.45, 7) is 3.70. The topological polar surface area (TPSA) is 117 Å². The van der Waals surface area contributed by atoms with Gasteiger partial charge in [-0.3, -0.25) is 19.1 Å². The minimum Gasteiger partial charge on any atom is -0.348 e. The van der Waals surface area contributed by atoms with E-state index in [4.69, 9.17) is 11.6 Å². The molecule has 0 spiro atoms. The van der Waals surface area contributed by atoms with Crippen molar-refractivity contribution >= 4 is 52.0 Å². The zero-order valence-electron chi connectivity index (χ0n) is 29.3. The molecule has 11 nitrogen and oxygen atoms in total. The molecule has 1 fully saturated rings. The first-order valence-electron chi connectivity index (χ1n) is 16.8. The second-order valence-electron chi connectivity index (χ2n) is 13.0. The van der Waals surface area contributed by atoms with E-state index >= 15 is 0 Å². The number of hydrogen-bond acceptors (Lipinski definition) is 7. The predicted octanol–water partition coefficient (Wildman–Crippen LogP) is 5.77. The lowest BCUT2D eigenvalue weighted by atomic mass is 10.0. The molecule has 0 radical (unpaired) electrons. The Balaban J connectivity index is 1.05. The fraction of sp³-hybridized carbons (Fsp3) is 0.289. The van der Waals surface area contributed by atoms with E-state index in [0.717, 1.165) is 49.0 Å². The molecule has 1 aliphatic heterocycles. The van der Waals surface area contributed by atoms with Crippen LogP contribution in [0.2, 0.25) is 5.02 Å². The highest BCUT2D eigenvalue weighted by molar-refractivity contribution is 6.34. The summed E-state index contributed by atoms with van der Waals surface area (Å²) in [5.41, 5.74) is 2.94. The lowest BCUT2D eigenvalue weighted by Gasteiger charge is -2.35. The molecular formula is C38H39ClF2N8O3. The molecule has 3 aromatic carbocycles. The summed E-state index contributed by atoms with van der Waals surface area (Å²) in [6, 6.07) is 14.5. The normalized spacial score (nSPS) is 13.9. The van der Waals surface area contributed by atoms with Crippen LogP contribution in [-0.2, 0) is 13.6 Å². The highest BCUT2D eigenvalue weighted by Gasteiger charge is 2.26. The van der Waals surface area contributed by atoms with Gasteiger partial charge in [-0.05, 0) is 93.5 Å². The van der Waals surface area contributed by atoms with Crippen molar-refractivity contribution in [3.05, 3.63) is 122 Å². The fourth-order valence-corrected chi connectivity index (χ4v) is 6.56. The number of hydrogen-bond donors (Lipinski definition) is 2. The first kappa shape index (κ1) is 36.4. The molecule has 2 aromatic heterocycles. The monoisotopic (exact) mass is 728 g/mol. The maximum absolute atomic E-state index is 13.7. The summed E-state index contributed by atoms with van der Waals surface area (Å²) in [4.78, 5) is 52.4. The van der Waals surface area contributed by atoms with Gasteiger partial charge < -0.3 is 20.4 Å². The molecule has 0 saturated carbocycles. The lowest BCUT2D eigenvalue weighted by Crippen LogP contribution is -2.44. The number of anilines is 2. The van der Waals surface area contributed by atoms with E-state index in [1.807, 2.05) is 31.3 Å². The van der Waals surface area contributed by atoms with Crippen LogP contribution in [0.15, 0.2) is 71.7 Å². The Kier molecular flexibility index (Phi) is 10.8. The number of nitrogens with one attached hydrogen (secondary N) is 2. The van der Waals surface area contributed by atoms with Crippen molar-refractivity contribution in [3.8, 4) is 0 Å². The average molecular weight is 729 g/mol. The zero-order valence-corrected chi connectivity index (χ0v) is 30.0. The fourth-order valence-electron chi connectivity index (χ4n) is 6.30. The SMILES string of the molecule is Cc1c(C(=O)NC/C=C/c2ccc3nc(Nc4ccc(C(=O)N(C)C5CCN(C)CC5)c(Cl)c4)ncc3c2)c(=O)n(Cc2ccc(F)c(F)c2)n1C. The first-order chi connectivity index (χ1) is 24.9. The Hall–Kier alpha value is -5.40. The number of fused-ring (bicyclic) bond motifs is 1. The maximum atomic E-state index is 13.7. The predicted molar refractivity (Wildman–Crippen MR) is 198 cm³/mol. The third-order valence-electron chi connectivity index (χ3n) is 9.51. The van der Waals surface area contributed by atoms with Crippen LogP contribution in [-0.4, -0.2) is 80.7 Å². The minimum atomic E-state index is -1.01. The van der Waals surface area contributed by atoms with Gasteiger partial charge in [0.2, 0.25) is 5.95 Å². The standard InChI is InChI=1S/C38H39ClF2N8O3/c1-23-34(37(52)49(48(23)4)22-25-7-11-31(40)32(41)19-25)35(50)42-15-5-6-24-8-12-33-26(18-24)21-43-38(45-33)44-27-9-10-29(30(39)20-27)36(51)47(3)28-13-16-46(2)17-14-28/h5-12,18-21,28H,13-17,22H2,1-4H3,(H,42,50)(H,43,44,45)/b6-5+. The van der Waals surface area contributed by atoms with Crippen LogP contribution in [0, 0.1) is 18.6 Å². The molecular weight excluding hydrogens is 690 g/mol. The zero-order chi connectivity index (χ0) is 37.1. The Labute approximate surface area is 304 Å². The summed E-state index contributed by atoms with van der Waals surface area (Å²) in [5, 5.41) is 7.06. The largest absolute Gasteiger partial charge is 0.348 e. The number of benzene rings is 3. The van der Waals surface area contributed by atoms with E-state index in [1.54, 1.807) is 49.3 Å². The van der Waals surface area contributed by atoms with Crippen LogP contribution >= 0.6 is 11.6 Å². The van der Waals surface area contributed by atoms with Crippen molar-refractivity contribution in [2.75, 3.05) is 39.0 Å². The van der Waals surface area contributed by atoms with Crippen LogP contribution < -0.4 is 16.2 Å². The van der Waals surface area contributed by atoms with Crippen LogP contribution in [0.25, 0.3) is 17.0 Å². The van der Waals surface area contributed by atoms with E-state index < -0.39 is 23.1 Å².